The summed E-state index contributed by atoms with van der Waals surface area (Å²) in [5.41, 5.74) is 6.71. The molecule has 0 saturated carbocycles. The van der Waals surface area contributed by atoms with Crippen LogP contribution in [0.1, 0.15) is 38.3 Å². The van der Waals surface area contributed by atoms with Gasteiger partial charge in [0.1, 0.15) is 0 Å². The predicted molar refractivity (Wildman–Crippen MR) is 86.3 cm³/mol. The van der Waals surface area contributed by atoms with Crippen molar-refractivity contribution in [2.24, 2.45) is 11.7 Å². The van der Waals surface area contributed by atoms with Crippen molar-refractivity contribution >= 4 is 10.0 Å². The lowest BCUT2D eigenvalue weighted by atomic mass is 10.0. The van der Waals surface area contributed by atoms with Gasteiger partial charge in [-0.05, 0) is 37.0 Å². The Morgan fingerprint density at radius 2 is 2.00 bits per heavy atom. The van der Waals surface area contributed by atoms with E-state index in [-0.39, 0.29) is 23.4 Å². The number of hydrogen-bond acceptors (Lipinski definition) is 3. The third-order valence-corrected chi connectivity index (χ3v) is 5.00. The van der Waals surface area contributed by atoms with Gasteiger partial charge < -0.3 is 5.73 Å². The molecule has 0 aliphatic heterocycles. The molecule has 0 amide bonds. The van der Waals surface area contributed by atoms with Crippen molar-refractivity contribution in [2.45, 2.75) is 45.1 Å². The summed E-state index contributed by atoms with van der Waals surface area (Å²) < 4.78 is 27.9. The van der Waals surface area contributed by atoms with Crippen molar-refractivity contribution in [3.63, 3.8) is 0 Å². The van der Waals surface area contributed by atoms with Crippen LogP contribution in [0, 0.1) is 24.7 Å². The van der Waals surface area contributed by atoms with Gasteiger partial charge in [0.2, 0.25) is 10.0 Å². The molecule has 0 bridgehead atoms. The minimum absolute atomic E-state index is 0.0758. The fourth-order valence-electron chi connectivity index (χ4n) is 2.07. The molecule has 0 radical (unpaired) electrons. The minimum Gasteiger partial charge on any atom is -0.320 e. The van der Waals surface area contributed by atoms with Crippen molar-refractivity contribution < 1.29 is 8.42 Å². The maximum Gasteiger partial charge on any atom is 0.241 e. The van der Waals surface area contributed by atoms with Crippen LogP contribution in [0.15, 0.2) is 23.1 Å². The van der Waals surface area contributed by atoms with Crippen LogP contribution in [0.4, 0.5) is 0 Å². The smallest absolute Gasteiger partial charge is 0.241 e. The summed E-state index contributed by atoms with van der Waals surface area (Å²) >= 11 is 0. The van der Waals surface area contributed by atoms with Crippen LogP contribution in [0.5, 0.6) is 0 Å². The fraction of sp³-hybridized carbons (Fsp3) is 0.500. The van der Waals surface area contributed by atoms with Gasteiger partial charge in [-0.25, -0.2) is 13.1 Å². The second kappa shape index (κ2) is 7.60. The first kappa shape index (κ1) is 17.7. The third-order valence-electron chi connectivity index (χ3n) is 3.36. The van der Waals surface area contributed by atoms with Crippen LogP contribution in [0.2, 0.25) is 0 Å². The Kier molecular flexibility index (Phi) is 6.41. The minimum atomic E-state index is -3.54. The van der Waals surface area contributed by atoms with Gasteiger partial charge in [-0.15, -0.1) is 0 Å². The fourth-order valence-corrected chi connectivity index (χ4v) is 3.81. The predicted octanol–water partition coefficient (Wildman–Crippen LogP) is 2.02. The lowest BCUT2D eigenvalue weighted by Crippen LogP contribution is -2.38. The van der Waals surface area contributed by atoms with Crippen molar-refractivity contribution in [2.75, 3.05) is 6.54 Å². The summed E-state index contributed by atoms with van der Waals surface area (Å²) in [6, 6.07) is 5.10. The highest BCUT2D eigenvalue weighted by Crippen LogP contribution is 2.19. The molecule has 3 N–H and O–H groups in total. The highest BCUT2D eigenvalue weighted by Gasteiger charge is 2.22. The summed E-state index contributed by atoms with van der Waals surface area (Å²) in [4.78, 5) is 0.283. The van der Waals surface area contributed by atoms with E-state index in [0.717, 1.165) is 6.42 Å². The van der Waals surface area contributed by atoms with Crippen LogP contribution >= 0.6 is 0 Å². The summed E-state index contributed by atoms with van der Waals surface area (Å²) in [5, 5.41) is 0. The Morgan fingerprint density at radius 3 is 2.52 bits per heavy atom. The first-order valence-corrected chi connectivity index (χ1v) is 8.62. The van der Waals surface area contributed by atoms with E-state index in [4.69, 9.17) is 5.73 Å². The highest BCUT2D eigenvalue weighted by molar-refractivity contribution is 7.89. The molecule has 116 valence electrons. The van der Waals surface area contributed by atoms with Gasteiger partial charge in [0, 0.05) is 11.6 Å². The van der Waals surface area contributed by atoms with E-state index < -0.39 is 10.0 Å². The number of aryl methyl sites for hydroxylation is 1. The quantitative estimate of drug-likeness (QED) is 0.817. The second-order valence-corrected chi connectivity index (χ2v) is 7.05. The first-order valence-electron chi connectivity index (χ1n) is 7.13. The molecule has 0 aliphatic carbocycles. The zero-order chi connectivity index (χ0) is 16.0. The molecule has 1 aromatic carbocycles. The normalized spacial score (nSPS) is 12.9. The van der Waals surface area contributed by atoms with E-state index >= 15 is 0 Å². The molecule has 1 rings (SSSR count). The lowest BCUT2D eigenvalue weighted by Gasteiger charge is -2.21. The van der Waals surface area contributed by atoms with E-state index in [1.54, 1.807) is 25.1 Å². The number of nitrogens with two attached hydrogens (primary N) is 1. The SMILES string of the molecule is CCC(NS(=O)(=O)c1cc(C#CCN)ccc1C)C(C)C. The van der Waals surface area contributed by atoms with E-state index in [1.165, 1.54) is 0 Å². The standard InChI is InChI=1S/C16H24N2O2S/c1-5-15(12(2)3)18-21(19,20)16-11-14(7-6-10-17)9-8-13(16)4/h8-9,11-12,15,18H,5,10,17H2,1-4H3. The number of hydrogen-bond donors (Lipinski definition) is 2. The third kappa shape index (κ3) is 4.85. The molecular weight excluding hydrogens is 284 g/mol. The molecule has 1 aromatic rings. The molecule has 5 heteroatoms. The second-order valence-electron chi connectivity index (χ2n) is 5.37. The Balaban J connectivity index is 3.18. The number of sulfonamides is 1. The van der Waals surface area contributed by atoms with Crippen LogP contribution < -0.4 is 10.5 Å². The molecule has 0 aromatic heterocycles. The molecular formula is C16H24N2O2S. The average Bonchev–Trinajstić information content (AvgIpc) is 2.43. The van der Waals surface area contributed by atoms with Gasteiger partial charge in [0.25, 0.3) is 0 Å². The maximum absolute atomic E-state index is 12.6. The average molecular weight is 308 g/mol. The molecule has 1 unspecified atom stereocenters. The Labute approximate surface area is 128 Å². The van der Waals surface area contributed by atoms with Crippen molar-refractivity contribution in [3.05, 3.63) is 29.3 Å². The first-order chi connectivity index (χ1) is 9.81. The van der Waals surface area contributed by atoms with Crippen molar-refractivity contribution in [3.8, 4) is 11.8 Å². The van der Waals surface area contributed by atoms with Crippen LogP contribution in [0.25, 0.3) is 0 Å². The van der Waals surface area contributed by atoms with Crippen molar-refractivity contribution in [1.29, 1.82) is 0 Å². The van der Waals surface area contributed by atoms with Crippen LogP contribution in [-0.2, 0) is 10.0 Å². The van der Waals surface area contributed by atoms with Crippen LogP contribution in [-0.4, -0.2) is 21.0 Å². The monoisotopic (exact) mass is 308 g/mol. The molecule has 0 heterocycles. The molecule has 0 aliphatic rings. The summed E-state index contributed by atoms with van der Waals surface area (Å²) in [5.74, 6) is 5.84. The van der Waals surface area contributed by atoms with Gasteiger partial charge in [0.05, 0.1) is 11.4 Å². The highest BCUT2D eigenvalue weighted by atomic mass is 32.2. The Bertz CT molecular complexity index is 640. The van der Waals surface area contributed by atoms with E-state index in [2.05, 4.69) is 16.6 Å². The number of benzene rings is 1. The number of rotatable bonds is 5. The van der Waals surface area contributed by atoms with Gasteiger partial charge in [0.15, 0.2) is 0 Å². The molecule has 0 fully saturated rings. The van der Waals surface area contributed by atoms with Gasteiger partial charge >= 0.3 is 0 Å². The van der Waals surface area contributed by atoms with E-state index in [0.29, 0.717) is 11.1 Å². The Morgan fingerprint density at radius 1 is 1.33 bits per heavy atom. The van der Waals surface area contributed by atoms with Gasteiger partial charge in [-0.2, -0.15) is 0 Å². The molecule has 0 saturated heterocycles. The van der Waals surface area contributed by atoms with Gasteiger partial charge in [-0.3, -0.25) is 0 Å². The van der Waals surface area contributed by atoms with Gasteiger partial charge in [-0.1, -0.05) is 38.7 Å². The molecule has 4 nitrogen and oxygen atoms in total. The zero-order valence-electron chi connectivity index (χ0n) is 13.1. The number of nitrogens with one attached hydrogen (secondary N) is 1. The van der Waals surface area contributed by atoms with Crippen LogP contribution in [0.3, 0.4) is 0 Å². The zero-order valence-corrected chi connectivity index (χ0v) is 13.9. The largest absolute Gasteiger partial charge is 0.320 e. The lowest BCUT2D eigenvalue weighted by molar-refractivity contribution is 0.437. The Hall–Kier alpha value is -1.35. The van der Waals surface area contributed by atoms with Crippen molar-refractivity contribution in [1.82, 2.24) is 4.72 Å². The summed E-state index contributed by atoms with van der Waals surface area (Å²) in [6.45, 7) is 8.02. The summed E-state index contributed by atoms with van der Waals surface area (Å²) in [6.07, 6.45) is 0.753. The summed E-state index contributed by atoms with van der Waals surface area (Å²) in [7, 11) is -3.54. The maximum atomic E-state index is 12.6. The molecule has 1 atom stereocenters. The van der Waals surface area contributed by atoms with E-state index in [1.807, 2.05) is 20.8 Å². The molecule has 21 heavy (non-hydrogen) atoms. The molecule has 0 spiro atoms. The van der Waals surface area contributed by atoms with E-state index in [9.17, 15) is 8.42 Å². The topological polar surface area (TPSA) is 72.2 Å².